The molecular formula is C13H14ClN3O2. The van der Waals surface area contributed by atoms with E-state index >= 15 is 0 Å². The van der Waals surface area contributed by atoms with E-state index in [1.165, 1.54) is 0 Å². The van der Waals surface area contributed by atoms with E-state index in [9.17, 15) is 0 Å². The minimum absolute atomic E-state index is 0.546. The van der Waals surface area contributed by atoms with Gasteiger partial charge in [0.1, 0.15) is 13.2 Å². The van der Waals surface area contributed by atoms with Crippen LogP contribution >= 0.6 is 11.6 Å². The molecule has 19 heavy (non-hydrogen) atoms. The lowest BCUT2D eigenvalue weighted by atomic mass is 10.2. The Hall–Kier alpha value is -1.72. The summed E-state index contributed by atoms with van der Waals surface area (Å²) in [6.07, 6.45) is 3.66. The Morgan fingerprint density at radius 3 is 2.89 bits per heavy atom. The minimum atomic E-state index is 0.546. The number of hydrogen-bond acceptors (Lipinski definition) is 4. The van der Waals surface area contributed by atoms with Crippen LogP contribution in [-0.4, -0.2) is 23.4 Å². The third-order valence-electron chi connectivity index (χ3n) is 2.87. The summed E-state index contributed by atoms with van der Waals surface area (Å²) in [6, 6.07) is 3.86. The van der Waals surface area contributed by atoms with Crippen LogP contribution in [0.3, 0.4) is 0 Å². The van der Waals surface area contributed by atoms with Crippen LogP contribution < -0.4 is 14.8 Å². The number of hydrogen-bond donors (Lipinski definition) is 2. The van der Waals surface area contributed by atoms with Gasteiger partial charge in [-0.3, -0.25) is 5.10 Å². The molecule has 0 aliphatic carbocycles. The highest BCUT2D eigenvalue weighted by Gasteiger charge is 2.16. The molecule has 3 rings (SSSR count). The number of aromatic amines is 1. The van der Waals surface area contributed by atoms with Gasteiger partial charge in [0.25, 0.3) is 0 Å². The smallest absolute Gasteiger partial charge is 0.179 e. The Morgan fingerprint density at radius 1 is 1.21 bits per heavy atom. The topological polar surface area (TPSA) is 59.2 Å². The van der Waals surface area contributed by atoms with Gasteiger partial charge in [-0.2, -0.15) is 5.10 Å². The van der Waals surface area contributed by atoms with Crippen LogP contribution in [0.1, 0.15) is 11.1 Å². The molecule has 5 nitrogen and oxygen atoms in total. The highest BCUT2D eigenvalue weighted by atomic mass is 35.5. The van der Waals surface area contributed by atoms with Gasteiger partial charge >= 0.3 is 0 Å². The van der Waals surface area contributed by atoms with Crippen molar-refractivity contribution in [2.24, 2.45) is 0 Å². The number of halogens is 1. The molecule has 0 unspecified atom stereocenters. The molecule has 0 atom stereocenters. The summed E-state index contributed by atoms with van der Waals surface area (Å²) in [4.78, 5) is 0. The second-order valence-corrected chi connectivity index (χ2v) is 4.72. The molecule has 0 bridgehead atoms. The lowest BCUT2D eigenvalue weighted by Crippen LogP contribution is -2.17. The van der Waals surface area contributed by atoms with E-state index in [1.807, 2.05) is 18.3 Å². The fourth-order valence-electron chi connectivity index (χ4n) is 1.99. The van der Waals surface area contributed by atoms with Crippen molar-refractivity contribution in [3.8, 4) is 11.5 Å². The number of fused-ring (bicyclic) bond motifs is 1. The molecule has 0 spiro atoms. The Balaban J connectivity index is 1.66. The number of H-pyrrole nitrogens is 1. The highest BCUT2D eigenvalue weighted by Crippen LogP contribution is 2.38. The molecule has 0 fully saturated rings. The van der Waals surface area contributed by atoms with E-state index in [0.29, 0.717) is 30.5 Å². The molecule has 2 N–H and O–H groups in total. The second kappa shape index (κ2) is 5.50. The minimum Gasteiger partial charge on any atom is -0.486 e. The average molecular weight is 280 g/mol. The fourth-order valence-corrected chi connectivity index (χ4v) is 2.28. The zero-order valence-electron chi connectivity index (χ0n) is 10.3. The first kappa shape index (κ1) is 12.3. The second-order valence-electron chi connectivity index (χ2n) is 4.31. The predicted molar refractivity (Wildman–Crippen MR) is 71.6 cm³/mol. The third kappa shape index (κ3) is 2.83. The maximum absolute atomic E-state index is 6.18. The summed E-state index contributed by atoms with van der Waals surface area (Å²) in [7, 11) is 0. The van der Waals surface area contributed by atoms with Gasteiger partial charge in [-0.15, -0.1) is 0 Å². The molecule has 1 aromatic carbocycles. The van der Waals surface area contributed by atoms with E-state index in [0.717, 1.165) is 23.4 Å². The van der Waals surface area contributed by atoms with Crippen LogP contribution in [0, 0.1) is 0 Å². The molecule has 1 aliphatic heterocycles. The van der Waals surface area contributed by atoms with Gasteiger partial charge < -0.3 is 14.8 Å². The number of rotatable bonds is 4. The molecule has 0 saturated carbocycles. The van der Waals surface area contributed by atoms with Crippen molar-refractivity contribution in [2.45, 2.75) is 13.1 Å². The molecule has 2 heterocycles. The Bertz CT molecular complexity index is 557. The van der Waals surface area contributed by atoms with Gasteiger partial charge in [-0.1, -0.05) is 11.6 Å². The molecule has 0 radical (unpaired) electrons. The Kier molecular flexibility index (Phi) is 3.57. The van der Waals surface area contributed by atoms with E-state index in [4.69, 9.17) is 21.1 Å². The van der Waals surface area contributed by atoms with Gasteiger partial charge in [0, 0.05) is 24.8 Å². The van der Waals surface area contributed by atoms with Gasteiger partial charge in [0.15, 0.2) is 11.5 Å². The van der Waals surface area contributed by atoms with Crippen molar-refractivity contribution >= 4 is 11.6 Å². The van der Waals surface area contributed by atoms with Crippen molar-refractivity contribution in [3.63, 3.8) is 0 Å². The van der Waals surface area contributed by atoms with Crippen LogP contribution in [-0.2, 0) is 13.1 Å². The van der Waals surface area contributed by atoms with Crippen LogP contribution in [0.5, 0.6) is 11.5 Å². The van der Waals surface area contributed by atoms with Gasteiger partial charge in [0.2, 0.25) is 0 Å². The average Bonchev–Trinajstić information content (AvgIpc) is 2.92. The van der Waals surface area contributed by atoms with Gasteiger partial charge in [-0.25, -0.2) is 0 Å². The van der Waals surface area contributed by atoms with Gasteiger partial charge in [0.05, 0.1) is 11.2 Å². The molecule has 1 aromatic heterocycles. The quantitative estimate of drug-likeness (QED) is 0.900. The molecule has 0 saturated heterocycles. The van der Waals surface area contributed by atoms with Gasteiger partial charge in [-0.05, 0) is 17.7 Å². The van der Waals surface area contributed by atoms with Crippen LogP contribution in [0.2, 0.25) is 5.02 Å². The first-order valence-corrected chi connectivity index (χ1v) is 6.47. The molecule has 1 aliphatic rings. The van der Waals surface area contributed by atoms with E-state index in [-0.39, 0.29) is 0 Å². The first-order valence-electron chi connectivity index (χ1n) is 6.09. The van der Waals surface area contributed by atoms with E-state index < -0.39 is 0 Å². The third-order valence-corrected chi connectivity index (χ3v) is 3.15. The summed E-state index contributed by atoms with van der Waals surface area (Å²) in [5.41, 5.74) is 2.18. The maximum atomic E-state index is 6.18. The standard InChI is InChI=1S/C13H14ClN3O2/c14-11-3-9(4-12-13(11)19-2-1-18-12)5-15-6-10-7-16-17-8-10/h3-4,7-8,15H,1-2,5-6H2,(H,16,17). The normalized spacial score (nSPS) is 13.5. The van der Waals surface area contributed by atoms with Crippen LogP contribution in [0.25, 0.3) is 0 Å². The summed E-state index contributed by atoms with van der Waals surface area (Å²) in [5, 5.41) is 10.6. The van der Waals surface area contributed by atoms with Crippen molar-refractivity contribution in [1.82, 2.24) is 15.5 Å². The van der Waals surface area contributed by atoms with Crippen molar-refractivity contribution < 1.29 is 9.47 Å². The first-order chi connectivity index (χ1) is 9.33. The van der Waals surface area contributed by atoms with Crippen LogP contribution in [0.4, 0.5) is 0 Å². The zero-order chi connectivity index (χ0) is 13.1. The van der Waals surface area contributed by atoms with E-state index in [1.54, 1.807) is 6.20 Å². The number of nitrogens with zero attached hydrogens (tertiary/aromatic N) is 1. The largest absolute Gasteiger partial charge is 0.486 e. The number of aromatic nitrogens is 2. The van der Waals surface area contributed by atoms with E-state index in [2.05, 4.69) is 15.5 Å². The molecular weight excluding hydrogens is 266 g/mol. The predicted octanol–water partition coefficient (Wildman–Crippen LogP) is 2.12. The number of nitrogens with one attached hydrogen (secondary N) is 2. The van der Waals surface area contributed by atoms with Crippen molar-refractivity contribution in [3.05, 3.63) is 40.7 Å². The van der Waals surface area contributed by atoms with Crippen molar-refractivity contribution in [2.75, 3.05) is 13.2 Å². The molecule has 2 aromatic rings. The lowest BCUT2D eigenvalue weighted by Gasteiger charge is -2.20. The summed E-state index contributed by atoms with van der Waals surface area (Å²) in [5.74, 6) is 1.37. The molecule has 6 heteroatoms. The molecule has 100 valence electrons. The zero-order valence-corrected chi connectivity index (χ0v) is 11.0. The molecule has 0 amide bonds. The summed E-state index contributed by atoms with van der Waals surface area (Å²) in [6.45, 7) is 2.57. The SMILES string of the molecule is Clc1cc(CNCc2cn[nH]c2)cc2c1OCCO2. The number of ether oxygens (including phenoxy) is 2. The Labute approximate surface area is 115 Å². The number of benzene rings is 1. The van der Waals surface area contributed by atoms with Crippen molar-refractivity contribution in [1.29, 1.82) is 0 Å². The monoisotopic (exact) mass is 279 g/mol. The summed E-state index contributed by atoms with van der Waals surface area (Å²) < 4.78 is 11.0. The Morgan fingerprint density at radius 2 is 2.05 bits per heavy atom. The summed E-state index contributed by atoms with van der Waals surface area (Å²) >= 11 is 6.18. The maximum Gasteiger partial charge on any atom is 0.179 e. The highest BCUT2D eigenvalue weighted by molar-refractivity contribution is 6.32. The van der Waals surface area contributed by atoms with Crippen LogP contribution in [0.15, 0.2) is 24.5 Å². The fraction of sp³-hybridized carbons (Fsp3) is 0.308. The lowest BCUT2D eigenvalue weighted by molar-refractivity contribution is 0.171.